The number of hydrogen-bond acceptors (Lipinski definition) is 4. The Kier molecular flexibility index (Phi) is 6.07. The molecule has 0 fully saturated rings. The minimum atomic E-state index is -1.18. The summed E-state index contributed by atoms with van der Waals surface area (Å²) in [6.07, 6.45) is 0.414. The molecule has 1 aromatic rings. The lowest BCUT2D eigenvalue weighted by Gasteiger charge is -2.13. The van der Waals surface area contributed by atoms with E-state index in [1.807, 2.05) is 6.92 Å². The smallest absolute Gasteiger partial charge is 0.262 e. The van der Waals surface area contributed by atoms with Gasteiger partial charge in [0, 0.05) is 5.56 Å². The second kappa shape index (κ2) is 7.57. The van der Waals surface area contributed by atoms with E-state index in [4.69, 9.17) is 9.84 Å². The zero-order valence-electron chi connectivity index (χ0n) is 11.1. The number of benzene rings is 1. The Bertz CT molecular complexity index is 497. The maximum absolute atomic E-state index is 11.4. The van der Waals surface area contributed by atoms with Crippen molar-refractivity contribution < 1.29 is 19.7 Å². The third-order valence-corrected chi connectivity index (χ3v) is 2.55. The average Bonchev–Trinajstić information content (AvgIpc) is 2.40. The van der Waals surface area contributed by atoms with Gasteiger partial charge in [0.15, 0.2) is 5.78 Å². The number of carbonyl (C=O) groups excluding carboxylic acids is 1. The highest BCUT2D eigenvalue weighted by atomic mass is 16.6. The maximum atomic E-state index is 11.4. The summed E-state index contributed by atoms with van der Waals surface area (Å²) < 4.78 is 5.31. The fourth-order valence-electron chi connectivity index (χ4n) is 1.70. The standard InChI is InChI=1S/C15H18O4/c1-3-5-12-9-11(13(17)10-16)7-8-14(12)19-15(18)6-4-2/h7-9,15-16,18H,3,5,10H2,1-2H3. The third-order valence-electron chi connectivity index (χ3n) is 2.55. The number of aryl methyl sites for hydroxylation is 1. The minimum absolute atomic E-state index is 0.335. The summed E-state index contributed by atoms with van der Waals surface area (Å²) in [5, 5.41) is 18.4. The number of carbonyl (C=O) groups is 1. The van der Waals surface area contributed by atoms with E-state index in [9.17, 15) is 9.90 Å². The number of aliphatic hydroxyl groups is 2. The van der Waals surface area contributed by atoms with E-state index in [0.29, 0.717) is 17.7 Å². The van der Waals surface area contributed by atoms with Gasteiger partial charge in [-0.25, -0.2) is 0 Å². The van der Waals surface area contributed by atoms with Gasteiger partial charge in [0.05, 0.1) is 0 Å². The van der Waals surface area contributed by atoms with Gasteiger partial charge >= 0.3 is 0 Å². The highest BCUT2D eigenvalue weighted by Crippen LogP contribution is 2.23. The lowest BCUT2D eigenvalue weighted by Crippen LogP contribution is -2.14. The van der Waals surface area contributed by atoms with Crippen LogP contribution >= 0.6 is 0 Å². The van der Waals surface area contributed by atoms with E-state index in [1.54, 1.807) is 25.1 Å². The first kappa shape index (κ1) is 15.2. The zero-order valence-corrected chi connectivity index (χ0v) is 11.1. The predicted molar refractivity (Wildman–Crippen MR) is 71.9 cm³/mol. The molecule has 0 saturated carbocycles. The van der Waals surface area contributed by atoms with Crippen molar-refractivity contribution in [2.24, 2.45) is 0 Å². The van der Waals surface area contributed by atoms with Gasteiger partial charge < -0.3 is 14.9 Å². The molecule has 0 heterocycles. The van der Waals surface area contributed by atoms with E-state index < -0.39 is 12.9 Å². The molecular formula is C15H18O4. The van der Waals surface area contributed by atoms with Crippen molar-refractivity contribution in [3.63, 3.8) is 0 Å². The molecule has 1 unspecified atom stereocenters. The fraction of sp³-hybridized carbons (Fsp3) is 0.400. The van der Waals surface area contributed by atoms with Crippen LogP contribution in [0.5, 0.6) is 5.75 Å². The molecule has 0 bridgehead atoms. The van der Waals surface area contributed by atoms with Crippen LogP contribution in [0.25, 0.3) is 0 Å². The van der Waals surface area contributed by atoms with Gasteiger partial charge in [0.25, 0.3) is 6.29 Å². The number of hydrogen-bond donors (Lipinski definition) is 2. The molecule has 0 aromatic heterocycles. The molecule has 0 aliphatic heterocycles. The molecule has 2 N–H and O–H groups in total. The predicted octanol–water partition coefficient (Wildman–Crippen LogP) is 1.53. The molecule has 1 atom stereocenters. The highest BCUT2D eigenvalue weighted by molar-refractivity contribution is 5.97. The first-order valence-corrected chi connectivity index (χ1v) is 6.16. The largest absolute Gasteiger partial charge is 0.453 e. The van der Waals surface area contributed by atoms with Gasteiger partial charge in [0.2, 0.25) is 0 Å². The van der Waals surface area contributed by atoms with E-state index in [2.05, 4.69) is 11.8 Å². The molecule has 0 aliphatic carbocycles. The molecule has 0 radical (unpaired) electrons. The second-order valence-corrected chi connectivity index (χ2v) is 4.02. The first-order valence-electron chi connectivity index (χ1n) is 6.16. The van der Waals surface area contributed by atoms with Crippen molar-refractivity contribution >= 4 is 5.78 Å². The van der Waals surface area contributed by atoms with Gasteiger partial charge in [-0.15, -0.1) is 5.92 Å². The molecule has 0 aliphatic rings. The van der Waals surface area contributed by atoms with Gasteiger partial charge in [-0.3, -0.25) is 4.79 Å². The normalized spacial score (nSPS) is 11.4. The summed E-state index contributed by atoms with van der Waals surface area (Å²) in [6, 6.07) is 4.87. The van der Waals surface area contributed by atoms with Crippen molar-refractivity contribution in [2.75, 3.05) is 6.61 Å². The van der Waals surface area contributed by atoms with E-state index >= 15 is 0 Å². The summed E-state index contributed by atoms with van der Waals surface area (Å²) in [5.41, 5.74) is 1.26. The van der Waals surface area contributed by atoms with E-state index in [0.717, 1.165) is 12.0 Å². The molecular weight excluding hydrogens is 244 g/mol. The van der Waals surface area contributed by atoms with Gasteiger partial charge in [-0.05, 0) is 43.0 Å². The lowest BCUT2D eigenvalue weighted by molar-refractivity contribution is 0.0323. The quantitative estimate of drug-likeness (QED) is 0.463. The number of ketones is 1. The van der Waals surface area contributed by atoms with Crippen LogP contribution in [-0.4, -0.2) is 28.9 Å². The average molecular weight is 262 g/mol. The molecule has 102 valence electrons. The highest BCUT2D eigenvalue weighted by Gasteiger charge is 2.11. The molecule has 0 saturated heterocycles. The van der Waals surface area contributed by atoms with Crippen molar-refractivity contribution in [3.05, 3.63) is 29.3 Å². The number of Topliss-reactive ketones (excluding diaryl/α,β-unsaturated/α-hetero) is 1. The SMILES string of the molecule is CC#CC(O)Oc1ccc(C(=O)CO)cc1CCC. The Labute approximate surface area is 113 Å². The summed E-state index contributed by atoms with van der Waals surface area (Å²) in [5.74, 6) is 5.22. The van der Waals surface area contributed by atoms with E-state index in [1.165, 1.54) is 0 Å². The van der Waals surface area contributed by atoms with Crippen LogP contribution in [0.1, 0.15) is 36.2 Å². The number of ether oxygens (including phenoxy) is 1. The topological polar surface area (TPSA) is 66.8 Å². The van der Waals surface area contributed by atoms with Crippen molar-refractivity contribution in [1.82, 2.24) is 0 Å². The monoisotopic (exact) mass is 262 g/mol. The summed E-state index contributed by atoms with van der Waals surface area (Å²) in [7, 11) is 0. The molecule has 0 amide bonds. The zero-order chi connectivity index (χ0) is 14.3. The Morgan fingerprint density at radius 1 is 1.47 bits per heavy atom. The molecule has 0 spiro atoms. The Hall–Kier alpha value is -1.83. The molecule has 1 aromatic carbocycles. The van der Waals surface area contributed by atoms with Crippen LogP contribution in [0.15, 0.2) is 18.2 Å². The molecule has 4 heteroatoms. The maximum Gasteiger partial charge on any atom is 0.262 e. The van der Waals surface area contributed by atoms with Gasteiger partial charge in [-0.1, -0.05) is 13.3 Å². The minimum Gasteiger partial charge on any atom is -0.453 e. The Morgan fingerprint density at radius 3 is 2.79 bits per heavy atom. The van der Waals surface area contributed by atoms with Crippen LogP contribution in [-0.2, 0) is 6.42 Å². The van der Waals surface area contributed by atoms with Crippen LogP contribution in [0.4, 0.5) is 0 Å². The lowest BCUT2D eigenvalue weighted by atomic mass is 10.0. The second-order valence-electron chi connectivity index (χ2n) is 4.02. The van der Waals surface area contributed by atoms with Crippen LogP contribution in [0, 0.1) is 11.8 Å². The fourth-order valence-corrected chi connectivity index (χ4v) is 1.70. The summed E-state index contributed by atoms with van der Waals surface area (Å²) >= 11 is 0. The first-order chi connectivity index (χ1) is 9.12. The van der Waals surface area contributed by atoms with Crippen molar-refractivity contribution in [3.8, 4) is 17.6 Å². The summed E-state index contributed by atoms with van der Waals surface area (Å²) in [4.78, 5) is 11.4. The molecule has 4 nitrogen and oxygen atoms in total. The molecule has 1 rings (SSSR count). The Morgan fingerprint density at radius 2 is 2.21 bits per heavy atom. The van der Waals surface area contributed by atoms with E-state index in [-0.39, 0.29) is 5.78 Å². The third kappa shape index (κ3) is 4.40. The summed E-state index contributed by atoms with van der Waals surface area (Å²) in [6.45, 7) is 3.10. The van der Waals surface area contributed by atoms with Crippen LogP contribution in [0.2, 0.25) is 0 Å². The van der Waals surface area contributed by atoms with Crippen molar-refractivity contribution in [1.29, 1.82) is 0 Å². The van der Waals surface area contributed by atoms with Crippen LogP contribution < -0.4 is 4.74 Å². The Balaban J connectivity index is 3.02. The van der Waals surface area contributed by atoms with Gasteiger partial charge in [0.1, 0.15) is 12.4 Å². The van der Waals surface area contributed by atoms with Crippen molar-refractivity contribution in [2.45, 2.75) is 33.0 Å². The number of aliphatic hydroxyl groups excluding tert-OH is 2. The van der Waals surface area contributed by atoms with Crippen LogP contribution in [0.3, 0.4) is 0 Å². The van der Waals surface area contributed by atoms with Gasteiger partial charge in [-0.2, -0.15) is 0 Å². The number of rotatable bonds is 6. The molecule has 19 heavy (non-hydrogen) atoms.